The predicted molar refractivity (Wildman–Crippen MR) is 90.9 cm³/mol. The van der Waals surface area contributed by atoms with Crippen molar-refractivity contribution >= 4 is 33.2 Å². The molecule has 1 amide bonds. The lowest BCUT2D eigenvalue weighted by molar-refractivity contribution is -0.123. The van der Waals surface area contributed by atoms with Gasteiger partial charge in [0.1, 0.15) is 0 Å². The molecule has 1 aromatic heterocycles. The van der Waals surface area contributed by atoms with E-state index in [4.69, 9.17) is 0 Å². The monoisotopic (exact) mass is 363 g/mol. The van der Waals surface area contributed by atoms with Crippen LogP contribution in [0.15, 0.2) is 35.7 Å². The highest BCUT2D eigenvalue weighted by Gasteiger charge is 2.26. The van der Waals surface area contributed by atoms with Gasteiger partial charge in [0.15, 0.2) is 0 Å². The van der Waals surface area contributed by atoms with Crippen LogP contribution in [0.4, 0.5) is 0 Å². The number of fused-ring (bicyclic) bond motifs is 1. The van der Waals surface area contributed by atoms with Crippen molar-refractivity contribution in [1.82, 2.24) is 5.32 Å². The van der Waals surface area contributed by atoms with E-state index in [1.54, 1.807) is 11.3 Å². The van der Waals surface area contributed by atoms with Crippen LogP contribution >= 0.6 is 27.3 Å². The fraction of sp³-hybridized carbons (Fsp3) is 0.353. The molecule has 1 N–H and O–H groups in total. The molecule has 0 saturated heterocycles. The molecular weight excluding hydrogens is 346 g/mol. The number of hydrogen-bond donors (Lipinski definition) is 1. The smallest absolute Gasteiger partial charge is 0.227 e. The second-order valence-corrected chi connectivity index (χ2v) is 6.98. The first-order chi connectivity index (χ1) is 10.3. The van der Waals surface area contributed by atoms with Crippen molar-refractivity contribution in [2.24, 2.45) is 0 Å². The third-order valence-electron chi connectivity index (χ3n) is 3.98. The Morgan fingerprint density at radius 3 is 3.05 bits per heavy atom. The van der Waals surface area contributed by atoms with E-state index in [0.717, 1.165) is 30.2 Å². The highest BCUT2D eigenvalue weighted by molar-refractivity contribution is 9.08. The van der Waals surface area contributed by atoms with Crippen LogP contribution in [0, 0.1) is 0 Å². The first kappa shape index (κ1) is 14.8. The average Bonchev–Trinajstić information content (AvgIpc) is 3.01. The fourth-order valence-corrected chi connectivity index (χ4v) is 4.23. The van der Waals surface area contributed by atoms with Gasteiger partial charge in [-0.3, -0.25) is 4.79 Å². The molecule has 110 valence electrons. The van der Waals surface area contributed by atoms with E-state index in [2.05, 4.69) is 50.9 Å². The van der Waals surface area contributed by atoms with Crippen LogP contribution < -0.4 is 5.32 Å². The molecule has 1 atom stereocenters. The molecule has 1 aliphatic carbocycles. The van der Waals surface area contributed by atoms with Crippen LogP contribution in [-0.2, 0) is 23.1 Å². The summed E-state index contributed by atoms with van der Waals surface area (Å²) in [5, 5.41) is 6.05. The number of rotatable bonds is 4. The van der Waals surface area contributed by atoms with E-state index in [1.807, 2.05) is 6.07 Å². The van der Waals surface area contributed by atoms with Crippen molar-refractivity contribution in [2.75, 3.05) is 0 Å². The zero-order valence-corrected chi connectivity index (χ0v) is 14.2. The summed E-state index contributed by atoms with van der Waals surface area (Å²) in [7, 11) is 0. The first-order valence-electron chi connectivity index (χ1n) is 7.25. The molecule has 4 heteroatoms. The lowest BCUT2D eigenvalue weighted by atomic mass is 9.87. The minimum absolute atomic E-state index is 0.0411. The second kappa shape index (κ2) is 6.75. The standard InChI is InChI=1S/C17H18BrNOS/c18-10-12-3-1-4-13(9-12)11-19-17(20)15-5-2-6-16-14(15)7-8-21-16/h1,3-4,7-9,15H,2,5-6,10-11H2,(H,19,20). The van der Waals surface area contributed by atoms with Crippen LogP contribution in [0.25, 0.3) is 0 Å². The topological polar surface area (TPSA) is 29.1 Å². The molecule has 0 spiro atoms. The minimum Gasteiger partial charge on any atom is -0.351 e. The van der Waals surface area contributed by atoms with Crippen molar-refractivity contribution in [2.45, 2.75) is 37.1 Å². The third kappa shape index (κ3) is 3.38. The highest BCUT2D eigenvalue weighted by Crippen LogP contribution is 2.35. The van der Waals surface area contributed by atoms with E-state index < -0.39 is 0 Å². The number of hydrogen-bond acceptors (Lipinski definition) is 2. The van der Waals surface area contributed by atoms with Gasteiger partial charge in [-0.1, -0.05) is 40.2 Å². The lowest BCUT2D eigenvalue weighted by Crippen LogP contribution is -2.30. The van der Waals surface area contributed by atoms with Gasteiger partial charge < -0.3 is 5.32 Å². The van der Waals surface area contributed by atoms with Crippen LogP contribution in [0.2, 0.25) is 0 Å². The molecule has 21 heavy (non-hydrogen) atoms. The molecule has 0 radical (unpaired) electrons. The molecule has 2 nitrogen and oxygen atoms in total. The van der Waals surface area contributed by atoms with E-state index in [1.165, 1.54) is 16.0 Å². The number of alkyl halides is 1. The summed E-state index contributed by atoms with van der Waals surface area (Å²) in [6, 6.07) is 10.4. The van der Waals surface area contributed by atoms with Crippen molar-refractivity contribution in [1.29, 1.82) is 0 Å². The van der Waals surface area contributed by atoms with Gasteiger partial charge in [0.2, 0.25) is 5.91 Å². The molecule has 0 aliphatic heterocycles. The Morgan fingerprint density at radius 2 is 2.19 bits per heavy atom. The largest absolute Gasteiger partial charge is 0.351 e. The molecule has 0 bridgehead atoms. The number of aryl methyl sites for hydroxylation is 1. The molecule has 1 aliphatic rings. The van der Waals surface area contributed by atoms with E-state index in [9.17, 15) is 4.79 Å². The summed E-state index contributed by atoms with van der Waals surface area (Å²) in [5.74, 6) is 0.206. The van der Waals surface area contributed by atoms with Gasteiger partial charge in [0.25, 0.3) is 0 Å². The molecule has 3 rings (SSSR count). The molecule has 1 heterocycles. The van der Waals surface area contributed by atoms with Crippen molar-refractivity contribution < 1.29 is 4.79 Å². The number of nitrogens with one attached hydrogen (secondary N) is 1. The maximum atomic E-state index is 12.5. The second-order valence-electron chi connectivity index (χ2n) is 5.42. The Hall–Kier alpha value is -1.13. The number of thiophene rings is 1. The Kier molecular flexibility index (Phi) is 4.76. The van der Waals surface area contributed by atoms with Gasteiger partial charge in [-0.2, -0.15) is 0 Å². The summed E-state index contributed by atoms with van der Waals surface area (Å²) in [5.41, 5.74) is 3.64. The van der Waals surface area contributed by atoms with Gasteiger partial charge >= 0.3 is 0 Å². The molecule has 0 fully saturated rings. The maximum absolute atomic E-state index is 12.5. The molecular formula is C17H18BrNOS. The quantitative estimate of drug-likeness (QED) is 0.802. The number of benzene rings is 1. The first-order valence-corrected chi connectivity index (χ1v) is 9.26. The molecule has 0 saturated carbocycles. The van der Waals surface area contributed by atoms with Crippen LogP contribution in [0.1, 0.15) is 40.3 Å². The van der Waals surface area contributed by atoms with Crippen molar-refractivity contribution in [3.8, 4) is 0 Å². The summed E-state index contributed by atoms with van der Waals surface area (Å²) in [4.78, 5) is 13.9. The zero-order valence-electron chi connectivity index (χ0n) is 11.8. The van der Waals surface area contributed by atoms with Gasteiger partial charge in [-0.05, 0) is 47.4 Å². The SMILES string of the molecule is O=C(NCc1cccc(CBr)c1)C1CCCc2sccc21. The fourth-order valence-electron chi connectivity index (χ4n) is 2.89. The maximum Gasteiger partial charge on any atom is 0.227 e. The Balaban J connectivity index is 1.65. The van der Waals surface area contributed by atoms with Crippen LogP contribution in [0.3, 0.4) is 0 Å². The van der Waals surface area contributed by atoms with Crippen molar-refractivity contribution in [3.05, 3.63) is 57.3 Å². The Bertz CT molecular complexity index is 637. The van der Waals surface area contributed by atoms with Gasteiger partial charge in [0, 0.05) is 16.8 Å². The van der Waals surface area contributed by atoms with Crippen LogP contribution in [-0.4, -0.2) is 5.91 Å². The molecule has 2 aromatic rings. The third-order valence-corrected chi connectivity index (χ3v) is 5.62. The van der Waals surface area contributed by atoms with Crippen LogP contribution in [0.5, 0.6) is 0 Å². The van der Waals surface area contributed by atoms with Gasteiger partial charge in [-0.15, -0.1) is 11.3 Å². The minimum atomic E-state index is 0.0411. The number of halogens is 1. The van der Waals surface area contributed by atoms with E-state index in [0.29, 0.717) is 6.54 Å². The summed E-state index contributed by atoms with van der Waals surface area (Å²) >= 11 is 5.24. The summed E-state index contributed by atoms with van der Waals surface area (Å²) in [6.07, 6.45) is 3.21. The number of amides is 1. The molecule has 1 aromatic carbocycles. The average molecular weight is 364 g/mol. The van der Waals surface area contributed by atoms with E-state index >= 15 is 0 Å². The Morgan fingerprint density at radius 1 is 1.33 bits per heavy atom. The number of carbonyl (C=O) groups is 1. The summed E-state index contributed by atoms with van der Waals surface area (Å²) < 4.78 is 0. The van der Waals surface area contributed by atoms with E-state index in [-0.39, 0.29) is 11.8 Å². The van der Waals surface area contributed by atoms with Crippen molar-refractivity contribution in [3.63, 3.8) is 0 Å². The molecule has 1 unspecified atom stereocenters. The zero-order chi connectivity index (χ0) is 14.7. The van der Waals surface area contributed by atoms with Gasteiger partial charge in [-0.25, -0.2) is 0 Å². The number of carbonyl (C=O) groups excluding carboxylic acids is 1. The normalized spacial score (nSPS) is 17.3. The Labute approximate surface area is 137 Å². The van der Waals surface area contributed by atoms with Gasteiger partial charge in [0.05, 0.1) is 5.92 Å². The summed E-state index contributed by atoms with van der Waals surface area (Å²) in [6.45, 7) is 0.607. The highest BCUT2D eigenvalue weighted by atomic mass is 79.9. The lowest BCUT2D eigenvalue weighted by Gasteiger charge is -2.21. The predicted octanol–water partition coefficient (Wildman–Crippen LogP) is 4.38.